The summed E-state index contributed by atoms with van der Waals surface area (Å²) in [5, 5.41) is 14.0. The summed E-state index contributed by atoms with van der Waals surface area (Å²) >= 11 is 0. The molecule has 10 heteroatoms. The Labute approximate surface area is 193 Å². The number of hydrogen-bond donors (Lipinski definition) is 1. The van der Waals surface area contributed by atoms with Gasteiger partial charge in [-0.1, -0.05) is 18.2 Å². The van der Waals surface area contributed by atoms with Gasteiger partial charge in [0.2, 0.25) is 0 Å². The first-order valence-electron chi connectivity index (χ1n) is 10.1. The lowest BCUT2D eigenvalue weighted by Gasteiger charge is -2.11. The maximum atomic E-state index is 12.9. The summed E-state index contributed by atoms with van der Waals surface area (Å²) < 4.78 is 16.0. The van der Waals surface area contributed by atoms with Crippen LogP contribution < -0.4 is 10.1 Å². The molecule has 0 unspecified atom stereocenters. The Morgan fingerprint density at radius 3 is 2.62 bits per heavy atom. The summed E-state index contributed by atoms with van der Waals surface area (Å²) in [7, 11) is 1.32. The molecule has 0 radical (unpaired) electrons. The number of pyridine rings is 1. The first kappa shape index (κ1) is 22.5. The van der Waals surface area contributed by atoms with Gasteiger partial charge in [0.15, 0.2) is 12.4 Å². The molecule has 1 N–H and O–H groups in total. The molecule has 0 fully saturated rings. The van der Waals surface area contributed by atoms with E-state index in [0.717, 1.165) is 0 Å². The molecule has 0 spiro atoms. The molecule has 172 valence electrons. The van der Waals surface area contributed by atoms with Crippen molar-refractivity contribution in [3.8, 4) is 17.2 Å². The second-order valence-electron chi connectivity index (χ2n) is 7.25. The number of nitrogens with zero attached hydrogens (tertiary/aromatic N) is 2. The molecular weight excluding hydrogens is 442 g/mol. The van der Waals surface area contributed by atoms with E-state index in [2.05, 4.69) is 10.3 Å². The monoisotopic (exact) mass is 461 g/mol. The number of nitro groups is 1. The van der Waals surface area contributed by atoms with Crippen molar-refractivity contribution in [1.29, 1.82) is 0 Å². The van der Waals surface area contributed by atoms with Crippen molar-refractivity contribution < 1.29 is 28.4 Å². The number of nitrogens with one attached hydrogen (secondary N) is 1. The zero-order valence-electron chi connectivity index (χ0n) is 18.2. The summed E-state index contributed by atoms with van der Waals surface area (Å²) in [6.07, 6.45) is 0. The lowest BCUT2D eigenvalue weighted by atomic mass is 10.1. The number of hydrogen-bond acceptors (Lipinski definition) is 8. The van der Waals surface area contributed by atoms with Crippen LogP contribution in [0.4, 0.5) is 11.4 Å². The second-order valence-corrected chi connectivity index (χ2v) is 7.25. The van der Waals surface area contributed by atoms with Gasteiger partial charge in [-0.2, -0.15) is 0 Å². The molecule has 4 aromatic rings. The number of amides is 1. The van der Waals surface area contributed by atoms with Gasteiger partial charge in [-0.3, -0.25) is 14.9 Å². The molecule has 4 rings (SSSR count). The van der Waals surface area contributed by atoms with E-state index in [9.17, 15) is 19.7 Å². The van der Waals surface area contributed by atoms with E-state index < -0.39 is 23.4 Å². The molecule has 0 aliphatic rings. The highest BCUT2D eigenvalue weighted by Crippen LogP contribution is 2.29. The molecule has 0 aliphatic carbocycles. The van der Waals surface area contributed by atoms with E-state index in [4.69, 9.17) is 13.9 Å². The Morgan fingerprint density at radius 2 is 1.91 bits per heavy atom. The van der Waals surface area contributed by atoms with Crippen molar-refractivity contribution in [2.75, 3.05) is 19.0 Å². The smallest absolute Gasteiger partial charge is 0.339 e. The summed E-state index contributed by atoms with van der Waals surface area (Å²) in [5.41, 5.74) is 1.28. The van der Waals surface area contributed by atoms with Gasteiger partial charge in [0.25, 0.3) is 11.6 Å². The molecule has 10 nitrogen and oxygen atoms in total. The average molecular weight is 461 g/mol. The third-order valence-corrected chi connectivity index (χ3v) is 4.93. The van der Waals surface area contributed by atoms with Crippen molar-refractivity contribution >= 4 is 34.2 Å². The fraction of sp³-hybridized carbons (Fsp3) is 0.125. The number of nitro benzene ring substituents is 1. The van der Waals surface area contributed by atoms with Crippen LogP contribution in [0.5, 0.6) is 5.75 Å². The molecule has 0 saturated heterocycles. The number of carbonyl (C=O) groups is 2. The van der Waals surface area contributed by atoms with Gasteiger partial charge >= 0.3 is 5.97 Å². The molecule has 2 aromatic carbocycles. The van der Waals surface area contributed by atoms with Gasteiger partial charge in [0, 0.05) is 11.5 Å². The number of furan rings is 1. The van der Waals surface area contributed by atoms with Crippen LogP contribution in [-0.2, 0) is 9.53 Å². The van der Waals surface area contributed by atoms with E-state index in [-0.39, 0.29) is 22.7 Å². The third-order valence-electron chi connectivity index (χ3n) is 4.93. The number of para-hydroxylation sites is 1. The largest absolute Gasteiger partial charge is 0.494 e. The molecule has 0 atom stereocenters. The van der Waals surface area contributed by atoms with Crippen molar-refractivity contribution in [2.24, 2.45) is 0 Å². The number of non-ortho nitro benzene ring substituents is 1. The highest BCUT2D eigenvalue weighted by molar-refractivity contribution is 6.05. The lowest BCUT2D eigenvalue weighted by molar-refractivity contribution is -0.384. The zero-order chi connectivity index (χ0) is 24.2. The maximum Gasteiger partial charge on any atom is 0.339 e. The number of aryl methyl sites for hydroxylation is 1. The normalized spacial score (nSPS) is 10.6. The van der Waals surface area contributed by atoms with Crippen molar-refractivity contribution in [2.45, 2.75) is 6.92 Å². The fourth-order valence-electron chi connectivity index (χ4n) is 3.33. The van der Waals surface area contributed by atoms with Crippen LogP contribution in [0.3, 0.4) is 0 Å². The quantitative estimate of drug-likeness (QED) is 0.241. The Morgan fingerprint density at radius 1 is 1.12 bits per heavy atom. The molecule has 0 saturated carbocycles. The lowest BCUT2D eigenvalue weighted by Crippen LogP contribution is -2.21. The van der Waals surface area contributed by atoms with Gasteiger partial charge in [-0.15, -0.1) is 0 Å². The number of aromatic nitrogens is 1. The molecule has 0 aliphatic heterocycles. The fourth-order valence-corrected chi connectivity index (χ4v) is 3.33. The summed E-state index contributed by atoms with van der Waals surface area (Å²) in [6, 6.07) is 15.9. The standard InChI is InChI=1S/C24H19N3O7/c1-14-7-10-21(34-14)20-12-17(16-5-3-4-6-18(16)25-20)24(29)33-13-23(28)26-19-9-8-15(27(30)31)11-22(19)32-2/h3-12H,13H2,1-2H3,(H,26,28). The molecule has 34 heavy (non-hydrogen) atoms. The Kier molecular flexibility index (Phi) is 6.22. The third kappa shape index (κ3) is 4.70. The number of methoxy groups -OCH3 is 1. The number of carbonyl (C=O) groups excluding carboxylic acids is 2. The topological polar surface area (TPSA) is 134 Å². The Bertz CT molecular complexity index is 1410. The van der Waals surface area contributed by atoms with Gasteiger partial charge in [0.1, 0.15) is 17.2 Å². The second kappa shape index (κ2) is 9.41. The summed E-state index contributed by atoms with van der Waals surface area (Å²) in [5.74, 6) is -0.0465. The van der Waals surface area contributed by atoms with Crippen molar-refractivity contribution in [3.05, 3.63) is 82.1 Å². The minimum absolute atomic E-state index is 0.104. The molecule has 2 aromatic heterocycles. The number of fused-ring (bicyclic) bond motifs is 1. The minimum Gasteiger partial charge on any atom is -0.494 e. The van der Waals surface area contributed by atoms with Gasteiger partial charge < -0.3 is 19.2 Å². The van der Waals surface area contributed by atoms with Crippen LogP contribution in [-0.4, -0.2) is 35.5 Å². The highest BCUT2D eigenvalue weighted by atomic mass is 16.6. The Balaban J connectivity index is 1.52. The van der Waals surface area contributed by atoms with Crippen molar-refractivity contribution in [1.82, 2.24) is 4.98 Å². The molecule has 0 bridgehead atoms. The van der Waals surface area contributed by atoms with Crippen LogP contribution in [0, 0.1) is 17.0 Å². The van der Waals surface area contributed by atoms with Crippen LogP contribution in [0.1, 0.15) is 16.1 Å². The van der Waals surface area contributed by atoms with Crippen LogP contribution in [0.25, 0.3) is 22.4 Å². The predicted octanol–water partition coefficient (Wildman–Crippen LogP) is 4.52. The van der Waals surface area contributed by atoms with Crippen LogP contribution in [0.2, 0.25) is 0 Å². The summed E-state index contributed by atoms with van der Waals surface area (Å²) in [6.45, 7) is 1.23. The predicted molar refractivity (Wildman–Crippen MR) is 123 cm³/mol. The van der Waals surface area contributed by atoms with E-state index in [1.54, 1.807) is 49.4 Å². The molecular formula is C24H19N3O7. The van der Waals surface area contributed by atoms with E-state index >= 15 is 0 Å². The van der Waals surface area contributed by atoms with Gasteiger partial charge in [0.05, 0.1) is 34.9 Å². The van der Waals surface area contributed by atoms with Gasteiger partial charge in [-0.05, 0) is 37.3 Å². The number of ether oxygens (including phenoxy) is 2. The van der Waals surface area contributed by atoms with E-state index in [1.165, 1.54) is 25.3 Å². The van der Waals surface area contributed by atoms with E-state index in [1.807, 2.05) is 0 Å². The van der Waals surface area contributed by atoms with Crippen LogP contribution >= 0.6 is 0 Å². The first-order chi connectivity index (χ1) is 16.4. The number of anilines is 1. The minimum atomic E-state index is -0.714. The van der Waals surface area contributed by atoms with Crippen LogP contribution in [0.15, 0.2) is 65.1 Å². The van der Waals surface area contributed by atoms with Gasteiger partial charge in [-0.25, -0.2) is 9.78 Å². The molecule has 1 amide bonds. The molecule has 2 heterocycles. The van der Waals surface area contributed by atoms with Crippen molar-refractivity contribution in [3.63, 3.8) is 0 Å². The zero-order valence-corrected chi connectivity index (χ0v) is 18.2. The SMILES string of the molecule is COc1cc([N+](=O)[O-])ccc1NC(=O)COC(=O)c1cc(-c2ccc(C)o2)nc2ccccc12. The average Bonchev–Trinajstić information content (AvgIpc) is 3.28. The number of benzene rings is 2. The maximum absolute atomic E-state index is 12.9. The number of esters is 1. The van der Waals surface area contributed by atoms with E-state index in [0.29, 0.717) is 28.1 Å². The number of rotatable bonds is 7. The summed E-state index contributed by atoms with van der Waals surface area (Å²) in [4.78, 5) is 40.2. The Hall–Kier alpha value is -4.73. The first-order valence-corrected chi connectivity index (χ1v) is 10.1. The highest BCUT2D eigenvalue weighted by Gasteiger charge is 2.19.